The number of carbonyl (C=O) groups excluding carboxylic acids is 2. The van der Waals surface area contributed by atoms with Crippen LogP contribution in [0.25, 0.3) is 0 Å². The number of hydrogen-bond acceptors (Lipinski definition) is 6. The first-order valence-electron chi connectivity index (χ1n) is 14.6. The molecule has 0 saturated carbocycles. The molecule has 0 unspecified atom stereocenters. The maximum atomic E-state index is 14.5. The van der Waals surface area contributed by atoms with Gasteiger partial charge in [-0.3, -0.25) is 24.0 Å². The molecule has 2 amide bonds. The van der Waals surface area contributed by atoms with Gasteiger partial charge in [0.2, 0.25) is 11.8 Å². The first-order valence-corrected chi connectivity index (χ1v) is 16.9. The fraction of sp³-hybridized carbons (Fsp3) is 0.235. The molecule has 0 fully saturated rings. The number of non-ortho nitro benzene ring substituents is 1. The Morgan fingerprint density at radius 3 is 2.13 bits per heavy atom. The number of rotatable bonds is 14. The van der Waals surface area contributed by atoms with E-state index < -0.39 is 33.4 Å². The van der Waals surface area contributed by atoms with Crippen molar-refractivity contribution in [1.82, 2.24) is 10.2 Å². The standard InChI is InChI=1S/C34H35BrN4O6S/c1-25(2)22-36-34(41)32(20-26-11-5-3-6-12-26)37(23-27-13-9-14-28(35)19-27)33(40)24-38(29-15-10-16-30(21-29)39(42)43)46(44,45)31-17-7-4-8-18-31/h3-19,21,25,32H,20,22-24H2,1-2H3,(H,36,41)/t32-/m0/s1. The molecule has 0 heterocycles. The number of nitrogens with one attached hydrogen (secondary N) is 1. The molecule has 1 atom stereocenters. The third-order valence-corrected chi connectivity index (χ3v) is 9.42. The maximum Gasteiger partial charge on any atom is 0.271 e. The topological polar surface area (TPSA) is 130 Å². The Balaban J connectivity index is 1.82. The second-order valence-electron chi connectivity index (χ2n) is 11.1. The first-order chi connectivity index (χ1) is 22.0. The van der Waals surface area contributed by atoms with Crippen molar-refractivity contribution in [3.05, 3.63) is 135 Å². The van der Waals surface area contributed by atoms with E-state index in [1.165, 1.54) is 35.2 Å². The summed E-state index contributed by atoms with van der Waals surface area (Å²) in [6, 6.07) is 28.2. The summed E-state index contributed by atoms with van der Waals surface area (Å²) in [5, 5.41) is 14.6. The van der Waals surface area contributed by atoms with Gasteiger partial charge in [0, 0.05) is 36.1 Å². The number of benzene rings is 4. The van der Waals surface area contributed by atoms with Gasteiger partial charge in [0.25, 0.3) is 15.7 Å². The zero-order valence-corrected chi connectivity index (χ0v) is 27.9. The number of nitro groups is 1. The molecule has 1 N–H and O–H groups in total. The van der Waals surface area contributed by atoms with Crippen LogP contribution in [0.3, 0.4) is 0 Å². The number of carbonyl (C=O) groups is 2. The average molecular weight is 708 g/mol. The molecule has 240 valence electrons. The molecule has 0 radical (unpaired) electrons. The summed E-state index contributed by atoms with van der Waals surface area (Å²) in [5.41, 5.74) is 1.13. The molecule has 0 bridgehead atoms. The van der Waals surface area contributed by atoms with Crippen molar-refractivity contribution >= 4 is 49.1 Å². The van der Waals surface area contributed by atoms with Crippen LogP contribution in [0.2, 0.25) is 0 Å². The van der Waals surface area contributed by atoms with Crippen LogP contribution in [-0.4, -0.2) is 49.2 Å². The molecule has 0 aromatic heterocycles. The Hall–Kier alpha value is -4.55. The van der Waals surface area contributed by atoms with Crippen molar-refractivity contribution in [1.29, 1.82) is 0 Å². The zero-order chi connectivity index (χ0) is 33.3. The lowest BCUT2D eigenvalue weighted by molar-refractivity contribution is -0.384. The Kier molecular flexibility index (Phi) is 11.7. The van der Waals surface area contributed by atoms with E-state index in [4.69, 9.17) is 0 Å². The van der Waals surface area contributed by atoms with Crippen molar-refractivity contribution in [2.24, 2.45) is 5.92 Å². The summed E-state index contributed by atoms with van der Waals surface area (Å²) in [7, 11) is -4.38. The SMILES string of the molecule is CC(C)CNC(=O)[C@H](Cc1ccccc1)N(Cc1cccc(Br)c1)C(=O)CN(c1cccc([N+](=O)[O-])c1)S(=O)(=O)c1ccccc1. The lowest BCUT2D eigenvalue weighted by Crippen LogP contribution is -2.53. The van der Waals surface area contributed by atoms with Gasteiger partial charge in [0.05, 0.1) is 15.5 Å². The zero-order valence-electron chi connectivity index (χ0n) is 25.5. The van der Waals surface area contributed by atoms with Gasteiger partial charge in [0.1, 0.15) is 12.6 Å². The lowest BCUT2D eigenvalue weighted by atomic mass is 10.0. The molecular weight excluding hydrogens is 672 g/mol. The van der Waals surface area contributed by atoms with Gasteiger partial charge in [0.15, 0.2) is 0 Å². The minimum atomic E-state index is -4.38. The normalized spacial score (nSPS) is 11.9. The van der Waals surface area contributed by atoms with E-state index in [1.807, 2.05) is 68.4 Å². The van der Waals surface area contributed by atoms with Gasteiger partial charge in [-0.15, -0.1) is 0 Å². The average Bonchev–Trinajstić information content (AvgIpc) is 3.04. The fourth-order valence-corrected chi connectivity index (χ4v) is 6.69. The second-order valence-corrected chi connectivity index (χ2v) is 13.9. The fourth-order valence-electron chi connectivity index (χ4n) is 4.82. The molecule has 0 aliphatic carbocycles. The van der Waals surface area contributed by atoms with Gasteiger partial charge < -0.3 is 10.2 Å². The monoisotopic (exact) mass is 706 g/mol. The first kappa shape index (κ1) is 34.3. The van der Waals surface area contributed by atoms with E-state index in [1.54, 1.807) is 18.2 Å². The maximum absolute atomic E-state index is 14.5. The van der Waals surface area contributed by atoms with E-state index in [0.717, 1.165) is 20.4 Å². The van der Waals surface area contributed by atoms with Crippen molar-refractivity contribution in [2.45, 2.75) is 37.8 Å². The van der Waals surface area contributed by atoms with E-state index in [2.05, 4.69) is 21.2 Å². The van der Waals surface area contributed by atoms with Crippen LogP contribution in [-0.2, 0) is 32.6 Å². The predicted molar refractivity (Wildman–Crippen MR) is 181 cm³/mol. The quantitative estimate of drug-likeness (QED) is 0.127. The van der Waals surface area contributed by atoms with Crippen LogP contribution in [0.4, 0.5) is 11.4 Å². The second kappa shape index (κ2) is 15.6. The number of hydrogen-bond donors (Lipinski definition) is 1. The molecule has 46 heavy (non-hydrogen) atoms. The van der Waals surface area contributed by atoms with Gasteiger partial charge >= 0.3 is 0 Å². The Bertz CT molecular complexity index is 1770. The predicted octanol–water partition coefficient (Wildman–Crippen LogP) is 5.96. The molecular formula is C34H35BrN4O6S. The number of nitro benzene ring substituents is 1. The highest BCUT2D eigenvalue weighted by molar-refractivity contribution is 9.10. The smallest absolute Gasteiger partial charge is 0.271 e. The number of amides is 2. The minimum absolute atomic E-state index is 0.000958. The number of nitrogens with zero attached hydrogens (tertiary/aromatic N) is 3. The molecule has 0 aliphatic rings. The van der Waals surface area contributed by atoms with Crippen LogP contribution in [0, 0.1) is 16.0 Å². The molecule has 0 saturated heterocycles. The van der Waals surface area contributed by atoms with E-state index in [0.29, 0.717) is 12.1 Å². The lowest BCUT2D eigenvalue weighted by Gasteiger charge is -2.34. The number of anilines is 1. The van der Waals surface area contributed by atoms with Gasteiger partial charge in [-0.25, -0.2) is 8.42 Å². The molecule has 0 spiro atoms. The number of sulfonamides is 1. The van der Waals surface area contributed by atoms with Crippen LogP contribution in [0.1, 0.15) is 25.0 Å². The molecule has 12 heteroatoms. The highest BCUT2D eigenvalue weighted by Crippen LogP contribution is 2.28. The van der Waals surface area contributed by atoms with Gasteiger partial charge in [-0.1, -0.05) is 96.5 Å². The Morgan fingerprint density at radius 1 is 0.870 bits per heavy atom. The van der Waals surface area contributed by atoms with E-state index in [9.17, 15) is 28.1 Å². The highest BCUT2D eigenvalue weighted by atomic mass is 79.9. The van der Waals surface area contributed by atoms with E-state index in [-0.39, 0.29) is 41.1 Å². The summed E-state index contributed by atoms with van der Waals surface area (Å²) < 4.78 is 29.7. The van der Waals surface area contributed by atoms with Gasteiger partial charge in [-0.05, 0) is 47.4 Å². The van der Waals surface area contributed by atoms with Crippen molar-refractivity contribution in [3.8, 4) is 0 Å². The van der Waals surface area contributed by atoms with Crippen molar-refractivity contribution in [2.75, 3.05) is 17.4 Å². The van der Waals surface area contributed by atoms with E-state index >= 15 is 0 Å². The Morgan fingerprint density at radius 2 is 1.50 bits per heavy atom. The summed E-state index contributed by atoms with van der Waals surface area (Å²) in [4.78, 5) is 40.6. The van der Waals surface area contributed by atoms with Gasteiger partial charge in [-0.2, -0.15) is 0 Å². The molecule has 10 nitrogen and oxygen atoms in total. The van der Waals surface area contributed by atoms with Crippen LogP contribution in [0.5, 0.6) is 0 Å². The summed E-state index contributed by atoms with van der Waals surface area (Å²) in [6.07, 6.45) is 0.173. The summed E-state index contributed by atoms with van der Waals surface area (Å²) >= 11 is 3.47. The van der Waals surface area contributed by atoms with Crippen LogP contribution < -0.4 is 9.62 Å². The summed E-state index contributed by atoms with van der Waals surface area (Å²) in [6.45, 7) is 3.59. The number of halogens is 1. The molecule has 4 aromatic rings. The third-order valence-electron chi connectivity index (χ3n) is 7.14. The molecule has 0 aliphatic heterocycles. The third kappa shape index (κ3) is 9.01. The highest BCUT2D eigenvalue weighted by Gasteiger charge is 2.35. The van der Waals surface area contributed by atoms with Crippen molar-refractivity contribution < 1.29 is 22.9 Å². The molecule has 4 aromatic carbocycles. The van der Waals surface area contributed by atoms with Crippen LogP contribution >= 0.6 is 15.9 Å². The Labute approximate surface area is 277 Å². The minimum Gasteiger partial charge on any atom is -0.354 e. The summed E-state index contributed by atoms with van der Waals surface area (Å²) in [5.74, 6) is -0.892. The molecule has 4 rings (SSSR count). The van der Waals surface area contributed by atoms with Crippen LogP contribution in [0.15, 0.2) is 119 Å². The largest absolute Gasteiger partial charge is 0.354 e. The van der Waals surface area contributed by atoms with Crippen molar-refractivity contribution in [3.63, 3.8) is 0 Å².